The zero-order valence-corrected chi connectivity index (χ0v) is 40.8. The van der Waals surface area contributed by atoms with Gasteiger partial charge in [0.1, 0.15) is 0 Å². The number of aromatic nitrogens is 2. The summed E-state index contributed by atoms with van der Waals surface area (Å²) in [6, 6.07) is 32.5. The van der Waals surface area contributed by atoms with Crippen molar-refractivity contribution in [1.82, 2.24) is 9.97 Å². The Kier molecular flexibility index (Phi) is 17.1. The second kappa shape index (κ2) is 23.3. The van der Waals surface area contributed by atoms with Crippen LogP contribution in [0.25, 0.3) is 44.1 Å². The first-order chi connectivity index (χ1) is 30.3. The number of ketones is 1. The number of nitrogens with zero attached hydrogens (tertiary/aromatic N) is 2. The van der Waals surface area contributed by atoms with Gasteiger partial charge in [-0.25, -0.2) is 0 Å². The zero-order chi connectivity index (χ0) is 45.2. The average molecular weight is 1010 g/mol. The minimum absolute atomic E-state index is 0. The first-order valence-corrected chi connectivity index (χ1v) is 23.1. The molecule has 0 aliphatic heterocycles. The molecule has 5 heteroatoms. The maximum Gasteiger partial charge on any atom is 0.162 e. The van der Waals surface area contributed by atoms with E-state index in [1.165, 1.54) is 79.7 Å². The van der Waals surface area contributed by atoms with E-state index in [0.717, 1.165) is 80.9 Å². The van der Waals surface area contributed by atoms with Gasteiger partial charge in [0.15, 0.2) is 5.78 Å². The van der Waals surface area contributed by atoms with Gasteiger partial charge in [0.25, 0.3) is 0 Å². The molecule has 329 valence electrons. The summed E-state index contributed by atoms with van der Waals surface area (Å²) in [4.78, 5) is 20.7. The number of rotatable bonds is 11. The minimum atomic E-state index is 0. The van der Waals surface area contributed by atoms with Crippen molar-refractivity contribution in [2.24, 2.45) is 11.8 Å². The number of aliphatic hydroxyl groups excluding tert-OH is 1. The molecule has 62 heavy (non-hydrogen) atoms. The Balaban J connectivity index is 0.000000185. The summed E-state index contributed by atoms with van der Waals surface area (Å²) in [5.41, 5.74) is 11.2. The number of benzene rings is 4. The van der Waals surface area contributed by atoms with Crippen LogP contribution in [-0.4, -0.2) is 20.9 Å². The van der Waals surface area contributed by atoms with Crippen LogP contribution in [0.5, 0.6) is 0 Å². The molecule has 0 saturated heterocycles. The number of pyridine rings is 2. The van der Waals surface area contributed by atoms with Crippen molar-refractivity contribution in [2.75, 3.05) is 0 Å². The van der Waals surface area contributed by atoms with Crippen molar-refractivity contribution in [3.05, 3.63) is 142 Å². The molecule has 8 rings (SSSR count). The Morgan fingerprint density at radius 3 is 1.42 bits per heavy atom. The van der Waals surface area contributed by atoms with E-state index in [9.17, 15) is 9.90 Å². The van der Waals surface area contributed by atoms with Crippen molar-refractivity contribution in [1.29, 1.82) is 0 Å². The molecule has 4 nitrogen and oxygen atoms in total. The smallest absolute Gasteiger partial charge is 0.162 e. The van der Waals surface area contributed by atoms with Gasteiger partial charge in [0.2, 0.25) is 0 Å². The summed E-state index contributed by atoms with van der Waals surface area (Å²) in [5, 5.41) is 14.3. The predicted molar refractivity (Wildman–Crippen MR) is 257 cm³/mol. The van der Waals surface area contributed by atoms with Crippen LogP contribution in [0, 0.1) is 51.7 Å². The molecule has 2 aromatic heterocycles. The van der Waals surface area contributed by atoms with E-state index in [-0.39, 0.29) is 43.5 Å². The molecule has 2 aliphatic carbocycles. The Hall–Kier alpha value is -4.44. The minimum Gasteiger partial charge on any atom is -0.512 e. The number of fused-ring (bicyclic) bond motifs is 2. The summed E-state index contributed by atoms with van der Waals surface area (Å²) >= 11 is 0. The summed E-state index contributed by atoms with van der Waals surface area (Å²) in [7, 11) is 0. The molecule has 2 heterocycles. The van der Waals surface area contributed by atoms with Gasteiger partial charge < -0.3 is 15.1 Å². The molecule has 0 amide bonds. The fraction of sp³-hybridized carbons (Fsp3) is 0.421. The fourth-order valence-electron chi connectivity index (χ4n) is 9.55. The number of hydrogen-bond acceptors (Lipinski definition) is 4. The third-order valence-electron chi connectivity index (χ3n) is 13.0. The van der Waals surface area contributed by atoms with Gasteiger partial charge in [0, 0.05) is 50.4 Å². The van der Waals surface area contributed by atoms with Crippen LogP contribution in [0.15, 0.2) is 97.0 Å². The largest absolute Gasteiger partial charge is 0.512 e. The first-order valence-electron chi connectivity index (χ1n) is 24.1. The second-order valence-corrected chi connectivity index (χ2v) is 17.6. The van der Waals surface area contributed by atoms with Crippen LogP contribution < -0.4 is 0 Å². The van der Waals surface area contributed by atoms with Crippen LogP contribution in [0.2, 0.25) is 0 Å². The SMILES string of the molecule is CCC(CC)C(=O)/C=C(\O)C(CC)CC.[2H]c1cc2cc(C3CCCC3)ccc2c(-c2[c-]c(C)cc(C)c2)n1.[2H]c1cc2cc(C3CCCC3)ccc2c(-c2[c-]c(C)cc(C)c2)n1.[Ir]. The quantitative estimate of drug-likeness (QED) is 0.0798. The molecule has 2 aliphatic rings. The number of carbonyl (C=O) groups is 1. The molecule has 0 atom stereocenters. The van der Waals surface area contributed by atoms with E-state index < -0.39 is 0 Å². The molecule has 2 fully saturated rings. The Labute approximate surface area is 389 Å². The second-order valence-electron chi connectivity index (χ2n) is 17.6. The van der Waals surface area contributed by atoms with E-state index in [2.05, 4.69) is 110 Å². The molecule has 4 aromatic carbocycles. The number of carbonyl (C=O) groups excluding carboxylic acids is 1. The molecule has 2 saturated carbocycles. The maximum atomic E-state index is 11.7. The maximum absolute atomic E-state index is 11.7. The molecule has 0 bridgehead atoms. The average Bonchev–Trinajstić information content (AvgIpc) is 4.00. The van der Waals surface area contributed by atoms with Gasteiger partial charge in [0.05, 0.1) is 8.50 Å². The van der Waals surface area contributed by atoms with Crippen LogP contribution in [0.3, 0.4) is 0 Å². The van der Waals surface area contributed by atoms with Crippen LogP contribution in [0.1, 0.15) is 153 Å². The first kappa shape index (κ1) is 45.6. The van der Waals surface area contributed by atoms with Gasteiger partial charge in [-0.2, -0.15) is 0 Å². The van der Waals surface area contributed by atoms with E-state index in [1.807, 2.05) is 39.8 Å². The van der Waals surface area contributed by atoms with E-state index in [0.29, 0.717) is 24.2 Å². The van der Waals surface area contributed by atoms with Gasteiger partial charge in [-0.05, 0) is 119 Å². The van der Waals surface area contributed by atoms with Gasteiger partial charge in [-0.1, -0.05) is 117 Å². The van der Waals surface area contributed by atoms with Crippen molar-refractivity contribution < 1.29 is 32.7 Å². The summed E-state index contributed by atoms with van der Waals surface area (Å²) < 4.78 is 16.3. The molecule has 1 N–H and O–H groups in total. The predicted octanol–water partition coefficient (Wildman–Crippen LogP) is 15.8. The Morgan fingerprint density at radius 1 is 0.645 bits per heavy atom. The molecular formula is C57H68IrN2O2-2. The molecule has 0 unspecified atom stereocenters. The summed E-state index contributed by atoms with van der Waals surface area (Å²) in [5.74, 6) is 1.92. The number of hydrogen-bond donors (Lipinski definition) is 1. The Morgan fingerprint density at radius 2 is 1.05 bits per heavy atom. The van der Waals surface area contributed by atoms with Crippen molar-refractivity contribution in [3.8, 4) is 22.5 Å². The molecule has 1 radical (unpaired) electrons. The standard InChI is InChI=1S/2C22H22N.C13H24O2.Ir/c2*1-15-11-16(2)13-20(12-15)22-21-8-7-18(17-5-3-4-6-17)14-19(21)9-10-23-22;1-5-10(6-2)12(14)9-13(15)11(7-3)8-4;/h2*7-12,14,17H,3-6H2,1-2H3;9-11,14H,5-8H2,1-4H3;/q2*-1;;/b;;12-9-;/i2*10D;;. The molecular weight excluding hydrogens is 937 g/mol. The molecule has 0 spiro atoms. The number of aryl methyl sites for hydroxylation is 4. The topological polar surface area (TPSA) is 63.1 Å². The van der Waals surface area contributed by atoms with Gasteiger partial charge >= 0.3 is 0 Å². The summed E-state index contributed by atoms with van der Waals surface area (Å²) in [6.45, 7) is 16.4. The normalized spacial score (nSPS) is 14.9. The third kappa shape index (κ3) is 12.4. The zero-order valence-electron chi connectivity index (χ0n) is 40.4. The van der Waals surface area contributed by atoms with Crippen molar-refractivity contribution >= 4 is 27.3 Å². The van der Waals surface area contributed by atoms with Crippen LogP contribution >= 0.6 is 0 Å². The van der Waals surface area contributed by atoms with Crippen molar-refractivity contribution in [3.63, 3.8) is 0 Å². The number of allylic oxidation sites excluding steroid dienone is 2. The Bertz CT molecular complexity index is 2350. The van der Waals surface area contributed by atoms with E-state index >= 15 is 0 Å². The molecule has 6 aromatic rings. The van der Waals surface area contributed by atoms with Crippen LogP contribution in [-0.2, 0) is 24.9 Å². The van der Waals surface area contributed by atoms with Gasteiger partial charge in [-0.15, -0.1) is 69.8 Å². The van der Waals surface area contributed by atoms with E-state index in [1.54, 1.807) is 0 Å². The fourth-order valence-corrected chi connectivity index (χ4v) is 9.55. The van der Waals surface area contributed by atoms with Gasteiger partial charge in [-0.3, -0.25) is 4.79 Å². The monoisotopic (exact) mass is 1010 g/mol. The van der Waals surface area contributed by atoms with Crippen molar-refractivity contribution in [2.45, 2.75) is 144 Å². The van der Waals surface area contributed by atoms with Crippen LogP contribution in [0.4, 0.5) is 0 Å². The van der Waals surface area contributed by atoms with E-state index in [4.69, 9.17) is 2.74 Å². The third-order valence-corrected chi connectivity index (χ3v) is 13.0. The summed E-state index contributed by atoms with van der Waals surface area (Å²) in [6.07, 6.45) is 16.1. The number of aliphatic hydroxyl groups is 1.